The van der Waals surface area contributed by atoms with Crippen LogP contribution in [-0.4, -0.2) is 87.5 Å². The zero-order chi connectivity index (χ0) is 45.1. The van der Waals surface area contributed by atoms with Crippen molar-refractivity contribution in [3.63, 3.8) is 0 Å². The van der Waals surface area contributed by atoms with E-state index in [2.05, 4.69) is 55.6 Å². The molecule has 1 amide bonds. The Morgan fingerprint density at radius 3 is 1.40 bits per heavy atom. The van der Waals surface area contributed by atoms with Gasteiger partial charge in [0, 0.05) is 6.42 Å². The van der Waals surface area contributed by atoms with Crippen molar-refractivity contribution >= 4 is 5.91 Å². The molecule has 7 unspecified atom stereocenters. The van der Waals surface area contributed by atoms with Crippen LogP contribution in [0.25, 0.3) is 0 Å². The van der Waals surface area contributed by atoms with E-state index in [-0.39, 0.29) is 12.5 Å². The van der Waals surface area contributed by atoms with Crippen LogP contribution in [0.5, 0.6) is 0 Å². The van der Waals surface area contributed by atoms with Gasteiger partial charge in [0.1, 0.15) is 24.4 Å². The van der Waals surface area contributed by atoms with Gasteiger partial charge in [0.15, 0.2) is 6.29 Å². The first-order chi connectivity index (χ1) is 30.3. The molecule has 7 atom stereocenters. The van der Waals surface area contributed by atoms with E-state index in [1.807, 2.05) is 0 Å². The molecule has 0 spiro atoms. The van der Waals surface area contributed by atoms with Gasteiger partial charge in [0.05, 0.1) is 25.4 Å². The second-order valence-corrected chi connectivity index (χ2v) is 18.3. The first-order valence-electron chi connectivity index (χ1n) is 26.2. The molecule has 9 heteroatoms. The fourth-order valence-corrected chi connectivity index (χ4v) is 8.29. The van der Waals surface area contributed by atoms with Gasteiger partial charge >= 0.3 is 0 Å². The fourth-order valence-electron chi connectivity index (χ4n) is 8.29. The number of nitrogens with one attached hydrogen (secondary N) is 1. The lowest BCUT2D eigenvalue weighted by Crippen LogP contribution is -2.60. The van der Waals surface area contributed by atoms with E-state index in [0.29, 0.717) is 12.8 Å². The molecule has 364 valence electrons. The van der Waals surface area contributed by atoms with Crippen molar-refractivity contribution in [1.29, 1.82) is 0 Å². The summed E-state index contributed by atoms with van der Waals surface area (Å²) in [7, 11) is 0. The summed E-state index contributed by atoms with van der Waals surface area (Å²) in [6, 6.07) is -0.720. The predicted octanol–water partition coefficient (Wildman–Crippen LogP) is 12.0. The molecule has 0 aromatic rings. The van der Waals surface area contributed by atoms with E-state index >= 15 is 0 Å². The van der Waals surface area contributed by atoms with Crippen molar-refractivity contribution < 1.29 is 39.8 Å². The normalized spacial score (nSPS) is 20.5. The third kappa shape index (κ3) is 33.0. The molecule has 0 bridgehead atoms. The van der Waals surface area contributed by atoms with Gasteiger partial charge in [-0.2, -0.15) is 0 Å². The zero-order valence-corrected chi connectivity index (χ0v) is 40.1. The quantitative estimate of drug-likeness (QED) is 0.0262. The van der Waals surface area contributed by atoms with Gasteiger partial charge in [-0.3, -0.25) is 4.79 Å². The second kappa shape index (κ2) is 43.3. The summed E-state index contributed by atoms with van der Waals surface area (Å²) in [5.41, 5.74) is 0. The van der Waals surface area contributed by atoms with Crippen LogP contribution >= 0.6 is 0 Å². The summed E-state index contributed by atoms with van der Waals surface area (Å²) in [6.45, 7) is 3.83. The van der Waals surface area contributed by atoms with E-state index < -0.39 is 49.5 Å². The van der Waals surface area contributed by atoms with Crippen molar-refractivity contribution in [2.24, 2.45) is 0 Å². The maximum atomic E-state index is 13.0. The molecule has 6 N–H and O–H groups in total. The molecule has 0 aliphatic carbocycles. The van der Waals surface area contributed by atoms with Crippen LogP contribution in [-0.2, 0) is 14.3 Å². The van der Waals surface area contributed by atoms with Crippen LogP contribution in [0.2, 0.25) is 0 Å². The average Bonchev–Trinajstić information content (AvgIpc) is 3.27. The number of allylic oxidation sites excluding steroid dienone is 6. The van der Waals surface area contributed by atoms with Crippen LogP contribution in [0.3, 0.4) is 0 Å². The molecule has 0 radical (unpaired) electrons. The Labute approximate surface area is 381 Å². The highest BCUT2D eigenvalue weighted by molar-refractivity contribution is 5.76. The number of carbonyl (C=O) groups is 1. The van der Waals surface area contributed by atoms with Crippen LogP contribution in [0.1, 0.15) is 239 Å². The van der Waals surface area contributed by atoms with Gasteiger partial charge in [-0.1, -0.05) is 217 Å². The number of aliphatic hydroxyl groups is 5. The van der Waals surface area contributed by atoms with Crippen LogP contribution in [0.4, 0.5) is 0 Å². The molecular weight excluding hydrogens is 779 g/mol. The van der Waals surface area contributed by atoms with Crippen LogP contribution in [0.15, 0.2) is 36.5 Å². The highest BCUT2D eigenvalue weighted by Gasteiger charge is 2.44. The van der Waals surface area contributed by atoms with Gasteiger partial charge in [-0.05, 0) is 51.4 Å². The molecule has 1 heterocycles. The Kier molecular flexibility index (Phi) is 40.8. The molecule has 62 heavy (non-hydrogen) atoms. The molecule has 1 aliphatic rings. The number of aliphatic hydroxyl groups excluding tert-OH is 5. The lowest BCUT2D eigenvalue weighted by molar-refractivity contribution is -0.302. The van der Waals surface area contributed by atoms with Crippen molar-refractivity contribution in [2.45, 2.75) is 281 Å². The van der Waals surface area contributed by atoms with E-state index in [1.54, 1.807) is 0 Å². The van der Waals surface area contributed by atoms with E-state index in [0.717, 1.165) is 51.4 Å². The molecule has 9 nitrogen and oxygen atoms in total. The maximum absolute atomic E-state index is 13.0. The monoisotopic (exact) mass is 878 g/mol. The van der Waals surface area contributed by atoms with E-state index in [4.69, 9.17) is 9.47 Å². The predicted molar refractivity (Wildman–Crippen MR) is 258 cm³/mol. The summed E-state index contributed by atoms with van der Waals surface area (Å²) in [5.74, 6) is -0.148. The number of ether oxygens (including phenoxy) is 2. The SMILES string of the molecule is CCCCCCC/C=C\C/C=C\C/C=C\CCCCCCCCCCCCC(=O)NC(COC1OC(CO)C(O)C(O)C1O)C(O)CCCCCCCCCCCCCCCC. The molecule has 0 saturated carbocycles. The first kappa shape index (κ1) is 58.4. The molecular formula is C53H99NO8. The Morgan fingerprint density at radius 1 is 0.548 bits per heavy atom. The number of hydrogen-bond acceptors (Lipinski definition) is 8. The minimum atomic E-state index is -1.55. The van der Waals surface area contributed by atoms with Gasteiger partial charge in [0.2, 0.25) is 5.91 Å². The third-order valence-corrected chi connectivity index (χ3v) is 12.5. The first-order valence-corrected chi connectivity index (χ1v) is 26.2. The topological polar surface area (TPSA) is 149 Å². The van der Waals surface area contributed by atoms with Gasteiger partial charge < -0.3 is 40.3 Å². The summed E-state index contributed by atoms with van der Waals surface area (Å²) < 4.78 is 11.3. The molecule has 1 saturated heterocycles. The van der Waals surface area contributed by atoms with Crippen LogP contribution in [0, 0.1) is 0 Å². The highest BCUT2D eigenvalue weighted by atomic mass is 16.7. The Morgan fingerprint density at radius 2 is 0.952 bits per heavy atom. The second-order valence-electron chi connectivity index (χ2n) is 18.3. The van der Waals surface area contributed by atoms with Gasteiger partial charge in [-0.15, -0.1) is 0 Å². The number of hydrogen-bond donors (Lipinski definition) is 6. The Balaban J connectivity index is 2.23. The fraction of sp³-hybridized carbons (Fsp3) is 0.868. The van der Waals surface area contributed by atoms with Gasteiger partial charge in [-0.25, -0.2) is 0 Å². The van der Waals surface area contributed by atoms with Crippen molar-refractivity contribution in [2.75, 3.05) is 13.2 Å². The molecule has 0 aromatic heterocycles. The lowest BCUT2D eigenvalue weighted by atomic mass is 9.99. The average molecular weight is 878 g/mol. The maximum Gasteiger partial charge on any atom is 0.220 e. The van der Waals surface area contributed by atoms with Crippen molar-refractivity contribution in [3.8, 4) is 0 Å². The molecule has 1 fully saturated rings. The summed E-state index contributed by atoms with van der Waals surface area (Å²) in [5, 5.41) is 54.5. The zero-order valence-electron chi connectivity index (χ0n) is 40.1. The van der Waals surface area contributed by atoms with Crippen LogP contribution < -0.4 is 5.32 Å². The third-order valence-electron chi connectivity index (χ3n) is 12.5. The summed E-state index contributed by atoms with van der Waals surface area (Å²) in [6.07, 6.45) is 47.2. The number of unbranched alkanes of at least 4 members (excludes halogenated alkanes) is 28. The standard InChI is InChI=1S/C53H99NO8/c1-3-5-7-9-11-13-15-17-19-20-21-22-23-24-25-26-27-28-29-31-33-35-37-39-41-43-49(57)54-46(45-61-53-52(60)51(59)50(58)48(44-55)62-53)47(56)42-40-38-36-34-32-30-18-16-14-12-10-8-6-4-2/h15,17,20-21,23-24,46-48,50-53,55-56,58-60H,3-14,16,18-19,22,25-45H2,1-2H3,(H,54,57)/b17-15-,21-20-,24-23-. The number of rotatable bonds is 44. The van der Waals surface area contributed by atoms with Crippen molar-refractivity contribution in [1.82, 2.24) is 5.32 Å². The molecule has 0 aromatic carbocycles. The minimum Gasteiger partial charge on any atom is -0.394 e. The van der Waals surface area contributed by atoms with E-state index in [1.165, 1.54) is 161 Å². The lowest BCUT2D eigenvalue weighted by Gasteiger charge is -2.40. The summed E-state index contributed by atoms with van der Waals surface area (Å²) in [4.78, 5) is 13.0. The molecule has 1 aliphatic heterocycles. The smallest absolute Gasteiger partial charge is 0.220 e. The highest BCUT2D eigenvalue weighted by Crippen LogP contribution is 2.23. The summed E-state index contributed by atoms with van der Waals surface area (Å²) >= 11 is 0. The molecule has 1 rings (SSSR count). The Bertz CT molecular complexity index is 1070. The minimum absolute atomic E-state index is 0.139. The van der Waals surface area contributed by atoms with Gasteiger partial charge in [0.25, 0.3) is 0 Å². The van der Waals surface area contributed by atoms with E-state index in [9.17, 15) is 30.3 Å². The largest absolute Gasteiger partial charge is 0.394 e. The van der Waals surface area contributed by atoms with Crippen molar-refractivity contribution in [3.05, 3.63) is 36.5 Å². The number of carbonyl (C=O) groups excluding carboxylic acids is 1. The number of amides is 1. The Hall–Kier alpha value is -1.59.